The van der Waals surface area contributed by atoms with Crippen molar-refractivity contribution in [3.8, 4) is 0 Å². The van der Waals surface area contributed by atoms with Crippen molar-refractivity contribution in [1.82, 2.24) is 0 Å². The molecule has 0 saturated carbocycles. The van der Waals surface area contributed by atoms with Crippen LogP contribution in [-0.2, 0) is 11.0 Å². The van der Waals surface area contributed by atoms with E-state index in [1.54, 1.807) is 0 Å². The highest BCUT2D eigenvalue weighted by Gasteiger charge is 2.29. The summed E-state index contributed by atoms with van der Waals surface area (Å²) in [7, 11) is 0. The van der Waals surface area contributed by atoms with Gasteiger partial charge in [-0.1, -0.05) is 0 Å². The third-order valence-corrected chi connectivity index (χ3v) is 1.53. The number of anilines is 1. The number of carbonyl (C=O) groups is 1. The van der Waals surface area contributed by atoms with E-state index in [9.17, 15) is 18.0 Å². The first-order valence-electron chi connectivity index (χ1n) is 3.84. The van der Waals surface area contributed by atoms with Gasteiger partial charge in [0.25, 0.3) is 0 Å². The van der Waals surface area contributed by atoms with Gasteiger partial charge in [0.2, 0.25) is 5.91 Å². The maximum Gasteiger partial charge on any atom is 0.416 e. The van der Waals surface area contributed by atoms with Gasteiger partial charge in [-0.3, -0.25) is 4.79 Å². The highest BCUT2D eigenvalue weighted by molar-refractivity contribution is 5.88. The maximum absolute atomic E-state index is 12.1. The number of halogens is 3. The number of rotatable bonds is 1. The summed E-state index contributed by atoms with van der Waals surface area (Å²) in [5.41, 5.74) is -0.378. The molecular weight excluding hydrogens is 195 g/mol. The van der Waals surface area contributed by atoms with Gasteiger partial charge < -0.3 is 5.32 Å². The quantitative estimate of drug-likeness (QED) is 0.746. The van der Waals surface area contributed by atoms with Crippen molar-refractivity contribution >= 4 is 11.6 Å². The van der Waals surface area contributed by atoms with Gasteiger partial charge >= 0.3 is 6.18 Å². The minimum absolute atomic E-state index is 0.315. The highest BCUT2D eigenvalue weighted by atomic mass is 19.4. The van der Waals surface area contributed by atoms with Crippen LogP contribution < -0.4 is 5.32 Å². The number of carbonyl (C=O) groups excluding carboxylic acids is 1. The van der Waals surface area contributed by atoms with Crippen LogP contribution in [0.25, 0.3) is 0 Å². The lowest BCUT2D eigenvalue weighted by molar-refractivity contribution is -0.137. The summed E-state index contributed by atoms with van der Waals surface area (Å²) in [5, 5.41) is 2.38. The zero-order valence-corrected chi connectivity index (χ0v) is 7.35. The topological polar surface area (TPSA) is 29.1 Å². The third kappa shape index (κ3) is 2.76. The Balaban J connectivity index is 2.84. The molecule has 0 aliphatic rings. The van der Waals surface area contributed by atoms with E-state index in [1.807, 2.05) is 0 Å². The van der Waals surface area contributed by atoms with Gasteiger partial charge in [0.05, 0.1) is 5.56 Å². The average molecular weight is 203 g/mol. The lowest BCUT2D eigenvalue weighted by Gasteiger charge is -2.07. The molecule has 0 atom stereocenters. The van der Waals surface area contributed by atoms with Crippen LogP contribution in [0.3, 0.4) is 0 Å². The second-order valence-corrected chi connectivity index (χ2v) is 2.76. The Morgan fingerprint density at radius 3 is 2.07 bits per heavy atom. The normalized spacial score (nSPS) is 11.1. The van der Waals surface area contributed by atoms with Crippen molar-refractivity contribution in [2.45, 2.75) is 13.1 Å². The van der Waals surface area contributed by atoms with E-state index in [0.29, 0.717) is 5.69 Å². The fourth-order valence-corrected chi connectivity index (χ4v) is 0.946. The van der Waals surface area contributed by atoms with Crippen LogP contribution in [0, 0.1) is 0 Å². The Morgan fingerprint density at radius 2 is 1.71 bits per heavy atom. The van der Waals surface area contributed by atoms with Crippen molar-refractivity contribution in [2.24, 2.45) is 0 Å². The van der Waals surface area contributed by atoms with Gasteiger partial charge in [0, 0.05) is 12.6 Å². The molecule has 2 nitrogen and oxygen atoms in total. The first-order valence-corrected chi connectivity index (χ1v) is 3.84. The Labute approximate surface area is 78.7 Å². The van der Waals surface area contributed by atoms with Gasteiger partial charge in [-0.05, 0) is 24.3 Å². The summed E-state index contributed by atoms with van der Waals surface area (Å²) in [5.74, 6) is -0.315. The summed E-state index contributed by atoms with van der Waals surface area (Å²) < 4.78 is 36.3. The van der Waals surface area contributed by atoms with E-state index in [0.717, 1.165) is 12.1 Å². The lowest BCUT2D eigenvalue weighted by Crippen LogP contribution is -2.07. The van der Waals surface area contributed by atoms with Crippen molar-refractivity contribution < 1.29 is 18.0 Å². The molecule has 1 aromatic rings. The van der Waals surface area contributed by atoms with Gasteiger partial charge in [-0.15, -0.1) is 0 Å². The predicted octanol–water partition coefficient (Wildman–Crippen LogP) is 2.66. The second-order valence-electron chi connectivity index (χ2n) is 2.76. The molecule has 0 unspecified atom stereocenters. The van der Waals surface area contributed by atoms with E-state index in [2.05, 4.69) is 5.32 Å². The number of nitrogens with one attached hydrogen (secondary N) is 1. The molecule has 1 amide bonds. The molecule has 1 rings (SSSR count). The summed E-state index contributed by atoms with van der Waals surface area (Å²) in [6.45, 7) is 1.29. The summed E-state index contributed by atoms with van der Waals surface area (Å²) in [4.78, 5) is 10.6. The van der Waals surface area contributed by atoms with Crippen LogP contribution in [0.2, 0.25) is 0 Å². The average Bonchev–Trinajstić information content (AvgIpc) is 2.02. The van der Waals surface area contributed by atoms with Crippen molar-refractivity contribution in [2.75, 3.05) is 5.32 Å². The summed E-state index contributed by atoms with van der Waals surface area (Å²) in [6.07, 6.45) is -4.34. The van der Waals surface area contributed by atoms with Gasteiger partial charge in [-0.2, -0.15) is 13.2 Å². The Morgan fingerprint density at radius 1 is 1.21 bits per heavy atom. The van der Waals surface area contributed by atoms with Crippen LogP contribution in [0.15, 0.2) is 24.3 Å². The van der Waals surface area contributed by atoms with Gasteiger partial charge in [0.15, 0.2) is 0 Å². The van der Waals surface area contributed by atoms with E-state index in [1.165, 1.54) is 19.1 Å². The molecule has 0 aromatic heterocycles. The SMILES string of the molecule is CC(=O)Nc1ccc(C(F)(F)F)cc1. The molecule has 5 heteroatoms. The van der Waals surface area contributed by atoms with Crippen LogP contribution in [0.5, 0.6) is 0 Å². The van der Waals surface area contributed by atoms with Crippen molar-refractivity contribution in [1.29, 1.82) is 0 Å². The molecular formula is C9H8F3NO. The Bertz CT molecular complexity index is 329. The van der Waals surface area contributed by atoms with E-state index in [-0.39, 0.29) is 5.91 Å². The van der Waals surface area contributed by atoms with Crippen molar-refractivity contribution in [3.63, 3.8) is 0 Å². The molecule has 76 valence electrons. The van der Waals surface area contributed by atoms with Crippen molar-refractivity contribution in [3.05, 3.63) is 29.8 Å². The summed E-state index contributed by atoms with van der Waals surface area (Å²) >= 11 is 0. The van der Waals surface area contributed by atoms with E-state index >= 15 is 0 Å². The lowest BCUT2D eigenvalue weighted by atomic mass is 10.2. The number of benzene rings is 1. The number of alkyl halides is 3. The summed E-state index contributed by atoms with van der Waals surface area (Å²) in [6, 6.07) is 4.27. The molecule has 0 spiro atoms. The molecule has 14 heavy (non-hydrogen) atoms. The van der Waals surface area contributed by atoms with Crippen LogP contribution in [0.1, 0.15) is 12.5 Å². The smallest absolute Gasteiger partial charge is 0.326 e. The zero-order chi connectivity index (χ0) is 10.8. The van der Waals surface area contributed by atoms with Crippen LogP contribution in [-0.4, -0.2) is 5.91 Å². The minimum atomic E-state index is -4.34. The number of hydrogen-bond acceptors (Lipinski definition) is 1. The van der Waals surface area contributed by atoms with Crippen LogP contribution in [0.4, 0.5) is 18.9 Å². The Hall–Kier alpha value is -1.52. The predicted molar refractivity (Wildman–Crippen MR) is 45.7 cm³/mol. The first kappa shape index (κ1) is 10.6. The fourth-order valence-electron chi connectivity index (χ4n) is 0.946. The number of hydrogen-bond donors (Lipinski definition) is 1. The molecule has 0 radical (unpaired) electrons. The maximum atomic E-state index is 12.1. The number of amides is 1. The fraction of sp³-hybridized carbons (Fsp3) is 0.222. The Kier molecular flexibility index (Phi) is 2.78. The molecule has 0 aliphatic carbocycles. The van der Waals surface area contributed by atoms with Gasteiger partial charge in [-0.25, -0.2) is 0 Å². The minimum Gasteiger partial charge on any atom is -0.326 e. The molecule has 1 aromatic carbocycles. The largest absolute Gasteiger partial charge is 0.416 e. The molecule has 0 aliphatic heterocycles. The van der Waals surface area contributed by atoms with E-state index < -0.39 is 11.7 Å². The van der Waals surface area contributed by atoms with Crippen LogP contribution >= 0.6 is 0 Å². The molecule has 1 N–H and O–H groups in total. The monoisotopic (exact) mass is 203 g/mol. The second kappa shape index (κ2) is 3.69. The zero-order valence-electron chi connectivity index (χ0n) is 7.35. The molecule has 0 heterocycles. The molecule has 0 saturated heterocycles. The third-order valence-electron chi connectivity index (χ3n) is 1.53. The molecule has 0 bridgehead atoms. The molecule has 0 fully saturated rings. The standard InChI is InChI=1S/C9H8F3NO/c1-6(14)13-8-4-2-7(3-5-8)9(10,11)12/h2-5H,1H3,(H,13,14). The van der Waals surface area contributed by atoms with Gasteiger partial charge in [0.1, 0.15) is 0 Å². The van der Waals surface area contributed by atoms with E-state index in [4.69, 9.17) is 0 Å². The highest BCUT2D eigenvalue weighted by Crippen LogP contribution is 2.29. The first-order chi connectivity index (χ1) is 6.39.